The fourth-order valence-electron chi connectivity index (χ4n) is 1.98. The molecule has 0 atom stereocenters. The number of hydrogen-bond donors (Lipinski definition) is 1. The second-order valence-corrected chi connectivity index (χ2v) is 4.19. The van der Waals surface area contributed by atoms with Crippen molar-refractivity contribution in [3.05, 3.63) is 48.4 Å². The van der Waals surface area contributed by atoms with Crippen LogP contribution in [0.4, 0.5) is 5.95 Å². The third-order valence-corrected chi connectivity index (χ3v) is 2.95. The van der Waals surface area contributed by atoms with Gasteiger partial charge in [-0.25, -0.2) is 9.97 Å². The summed E-state index contributed by atoms with van der Waals surface area (Å²) >= 11 is 0. The largest absolute Gasteiger partial charge is 0.368 e. The van der Waals surface area contributed by atoms with Crippen LogP contribution in [0.25, 0.3) is 22.0 Å². The first-order valence-corrected chi connectivity index (χ1v) is 5.67. The quantitative estimate of drug-likeness (QED) is 0.705. The molecule has 0 unspecified atom stereocenters. The van der Waals surface area contributed by atoms with Gasteiger partial charge in [0.1, 0.15) is 0 Å². The van der Waals surface area contributed by atoms with Crippen LogP contribution in [-0.2, 0) is 0 Å². The van der Waals surface area contributed by atoms with E-state index in [0.29, 0.717) is 5.95 Å². The van der Waals surface area contributed by atoms with E-state index in [4.69, 9.17) is 5.73 Å². The topological polar surface area (TPSA) is 64.7 Å². The first-order valence-electron chi connectivity index (χ1n) is 5.67. The predicted octanol–water partition coefficient (Wildman–Crippen LogP) is 2.58. The van der Waals surface area contributed by atoms with Gasteiger partial charge in [0.05, 0.1) is 5.52 Å². The molecule has 88 valence electrons. The molecular weight excluding hydrogens is 224 g/mol. The highest BCUT2D eigenvalue weighted by Gasteiger charge is 2.04. The van der Waals surface area contributed by atoms with Gasteiger partial charge in [0.15, 0.2) is 0 Å². The van der Waals surface area contributed by atoms with Crippen molar-refractivity contribution in [2.45, 2.75) is 6.92 Å². The number of aryl methyl sites for hydroxylation is 1. The summed E-state index contributed by atoms with van der Waals surface area (Å²) in [6, 6.07) is 8.03. The summed E-state index contributed by atoms with van der Waals surface area (Å²) in [5.41, 5.74) is 9.85. The summed E-state index contributed by atoms with van der Waals surface area (Å²) in [5.74, 6) is 0.299. The van der Waals surface area contributed by atoms with Crippen LogP contribution in [0.5, 0.6) is 0 Å². The number of nitrogens with zero attached hydrogens (tertiary/aromatic N) is 3. The van der Waals surface area contributed by atoms with Gasteiger partial charge in [-0.05, 0) is 36.2 Å². The van der Waals surface area contributed by atoms with Crippen molar-refractivity contribution in [1.82, 2.24) is 15.0 Å². The molecule has 4 heteroatoms. The van der Waals surface area contributed by atoms with Crippen LogP contribution in [0.15, 0.2) is 42.9 Å². The summed E-state index contributed by atoms with van der Waals surface area (Å²) in [6.45, 7) is 2.07. The number of hydrogen-bond acceptors (Lipinski definition) is 4. The number of benzene rings is 1. The van der Waals surface area contributed by atoms with Gasteiger partial charge in [-0.2, -0.15) is 0 Å². The Kier molecular flexibility index (Phi) is 2.41. The van der Waals surface area contributed by atoms with E-state index in [2.05, 4.69) is 27.9 Å². The SMILES string of the molecule is Cc1ccncc1-c1ccc2nc(N)ncc2c1. The van der Waals surface area contributed by atoms with Crippen LogP contribution in [0.1, 0.15) is 5.56 Å². The third kappa shape index (κ3) is 1.78. The Balaban J connectivity index is 2.20. The lowest BCUT2D eigenvalue weighted by Gasteiger charge is -2.06. The molecule has 3 aromatic rings. The minimum absolute atomic E-state index is 0.299. The maximum absolute atomic E-state index is 5.56. The van der Waals surface area contributed by atoms with Gasteiger partial charge >= 0.3 is 0 Å². The molecule has 0 saturated heterocycles. The zero-order chi connectivity index (χ0) is 12.5. The molecule has 0 fully saturated rings. The molecule has 2 heterocycles. The predicted molar refractivity (Wildman–Crippen MR) is 71.9 cm³/mol. The number of anilines is 1. The van der Waals surface area contributed by atoms with Crippen LogP contribution >= 0.6 is 0 Å². The van der Waals surface area contributed by atoms with Crippen molar-refractivity contribution in [3.8, 4) is 11.1 Å². The molecule has 0 aliphatic heterocycles. The number of nitrogens with two attached hydrogens (primary N) is 1. The van der Waals surface area contributed by atoms with Crippen LogP contribution in [0.2, 0.25) is 0 Å². The first-order chi connectivity index (χ1) is 8.74. The number of fused-ring (bicyclic) bond motifs is 1. The first kappa shape index (κ1) is 10.7. The molecule has 0 amide bonds. The van der Waals surface area contributed by atoms with Gasteiger partial charge in [-0.3, -0.25) is 4.98 Å². The summed E-state index contributed by atoms with van der Waals surface area (Å²) in [6.07, 6.45) is 5.41. The maximum Gasteiger partial charge on any atom is 0.220 e. The molecule has 2 N–H and O–H groups in total. The van der Waals surface area contributed by atoms with Gasteiger partial charge in [0.2, 0.25) is 5.95 Å². The molecule has 0 radical (unpaired) electrons. The van der Waals surface area contributed by atoms with Crippen molar-refractivity contribution >= 4 is 16.9 Å². The minimum Gasteiger partial charge on any atom is -0.368 e. The molecule has 0 saturated carbocycles. The Hall–Kier alpha value is -2.49. The van der Waals surface area contributed by atoms with Crippen molar-refractivity contribution in [2.24, 2.45) is 0 Å². The highest BCUT2D eigenvalue weighted by molar-refractivity contribution is 5.84. The third-order valence-electron chi connectivity index (χ3n) is 2.95. The Morgan fingerprint density at radius 1 is 1.11 bits per heavy atom. The molecule has 0 aliphatic rings. The van der Waals surface area contributed by atoms with Gasteiger partial charge in [0, 0.05) is 29.5 Å². The zero-order valence-electron chi connectivity index (χ0n) is 9.96. The Labute approximate surface area is 105 Å². The number of nitrogen functional groups attached to an aromatic ring is 1. The lowest BCUT2D eigenvalue weighted by molar-refractivity contribution is 1.24. The molecule has 18 heavy (non-hydrogen) atoms. The molecule has 4 nitrogen and oxygen atoms in total. The standard InChI is InChI=1S/C14H12N4/c1-9-4-5-16-8-12(9)10-2-3-13-11(6-10)7-17-14(15)18-13/h2-8H,1H3,(H2,15,17,18). The van der Waals surface area contributed by atoms with Gasteiger partial charge in [0.25, 0.3) is 0 Å². The molecule has 3 rings (SSSR count). The Bertz CT molecular complexity index is 722. The maximum atomic E-state index is 5.56. The van der Waals surface area contributed by atoms with E-state index in [-0.39, 0.29) is 0 Å². The van der Waals surface area contributed by atoms with E-state index in [1.165, 1.54) is 5.56 Å². The number of rotatable bonds is 1. The summed E-state index contributed by atoms with van der Waals surface area (Å²) < 4.78 is 0. The van der Waals surface area contributed by atoms with Crippen LogP contribution in [0, 0.1) is 6.92 Å². The molecule has 0 bridgehead atoms. The van der Waals surface area contributed by atoms with E-state index < -0.39 is 0 Å². The van der Waals surface area contributed by atoms with E-state index in [0.717, 1.165) is 22.0 Å². The Morgan fingerprint density at radius 2 is 2.00 bits per heavy atom. The fraction of sp³-hybridized carbons (Fsp3) is 0.0714. The normalized spacial score (nSPS) is 10.7. The van der Waals surface area contributed by atoms with Gasteiger partial charge < -0.3 is 5.73 Å². The van der Waals surface area contributed by atoms with Gasteiger partial charge in [-0.1, -0.05) is 6.07 Å². The van der Waals surface area contributed by atoms with Crippen molar-refractivity contribution in [1.29, 1.82) is 0 Å². The average Bonchev–Trinajstić information content (AvgIpc) is 2.39. The minimum atomic E-state index is 0.299. The number of pyridine rings is 1. The molecular formula is C14H12N4. The van der Waals surface area contributed by atoms with E-state index in [1.54, 1.807) is 12.4 Å². The molecule has 0 spiro atoms. The Morgan fingerprint density at radius 3 is 2.83 bits per heavy atom. The average molecular weight is 236 g/mol. The number of aromatic nitrogens is 3. The fourth-order valence-corrected chi connectivity index (χ4v) is 1.98. The highest BCUT2D eigenvalue weighted by Crippen LogP contribution is 2.25. The summed E-state index contributed by atoms with van der Waals surface area (Å²) in [5, 5.41) is 0.977. The van der Waals surface area contributed by atoms with E-state index in [1.807, 2.05) is 24.4 Å². The molecule has 2 aromatic heterocycles. The monoisotopic (exact) mass is 236 g/mol. The van der Waals surface area contributed by atoms with E-state index >= 15 is 0 Å². The van der Waals surface area contributed by atoms with Crippen molar-refractivity contribution in [2.75, 3.05) is 5.73 Å². The van der Waals surface area contributed by atoms with Crippen LogP contribution < -0.4 is 5.73 Å². The lowest BCUT2D eigenvalue weighted by Crippen LogP contribution is -1.94. The van der Waals surface area contributed by atoms with E-state index in [9.17, 15) is 0 Å². The van der Waals surface area contributed by atoms with Crippen molar-refractivity contribution in [3.63, 3.8) is 0 Å². The second-order valence-electron chi connectivity index (χ2n) is 4.19. The molecule has 1 aromatic carbocycles. The summed E-state index contributed by atoms with van der Waals surface area (Å²) in [4.78, 5) is 12.4. The highest BCUT2D eigenvalue weighted by atomic mass is 15.0. The smallest absolute Gasteiger partial charge is 0.220 e. The van der Waals surface area contributed by atoms with Crippen molar-refractivity contribution < 1.29 is 0 Å². The second kappa shape index (κ2) is 4.07. The lowest BCUT2D eigenvalue weighted by atomic mass is 10.0. The van der Waals surface area contributed by atoms with Crippen LogP contribution in [0.3, 0.4) is 0 Å². The van der Waals surface area contributed by atoms with Gasteiger partial charge in [-0.15, -0.1) is 0 Å². The summed E-state index contributed by atoms with van der Waals surface area (Å²) in [7, 11) is 0. The van der Waals surface area contributed by atoms with Crippen LogP contribution in [-0.4, -0.2) is 15.0 Å². The molecule has 0 aliphatic carbocycles. The zero-order valence-corrected chi connectivity index (χ0v) is 9.96.